The highest BCUT2D eigenvalue weighted by Crippen LogP contribution is 2.42. The lowest BCUT2D eigenvalue weighted by molar-refractivity contribution is 0.412. The lowest BCUT2D eigenvalue weighted by atomic mass is 10.1. The molecule has 0 spiro atoms. The summed E-state index contributed by atoms with van der Waals surface area (Å²) >= 11 is 0. The number of methoxy groups -OCH3 is 2. The zero-order valence-corrected chi connectivity index (χ0v) is 20.1. The maximum Gasteiger partial charge on any atom is 0.128 e. The van der Waals surface area contributed by atoms with E-state index in [0.717, 1.165) is 21.7 Å². The number of phenols is 2. The van der Waals surface area contributed by atoms with Gasteiger partial charge in [-0.15, -0.1) is 0 Å². The Kier molecular flexibility index (Phi) is 6.74. The van der Waals surface area contributed by atoms with Crippen LogP contribution in [0.1, 0.15) is 22.3 Å². The molecule has 0 aliphatic carbocycles. The van der Waals surface area contributed by atoms with E-state index in [9.17, 15) is 10.2 Å². The molecule has 156 valence electrons. The van der Waals surface area contributed by atoms with Crippen LogP contribution in [0, 0.1) is 27.7 Å². The van der Waals surface area contributed by atoms with E-state index in [-0.39, 0.29) is 11.5 Å². The van der Waals surface area contributed by atoms with Gasteiger partial charge in [0.25, 0.3) is 0 Å². The summed E-state index contributed by atoms with van der Waals surface area (Å²) in [6.07, 6.45) is 0. The lowest BCUT2D eigenvalue weighted by Gasteiger charge is -2.24. The van der Waals surface area contributed by atoms with E-state index in [4.69, 9.17) is 9.47 Å². The number of ether oxygens (including phenoxy) is 2. The van der Waals surface area contributed by atoms with Crippen molar-refractivity contribution in [2.24, 2.45) is 0 Å². The summed E-state index contributed by atoms with van der Waals surface area (Å²) in [7, 11) is 2.50. The van der Waals surface area contributed by atoms with Crippen LogP contribution >= 0.6 is 7.47 Å². The molecule has 0 aliphatic rings. The molecule has 30 heavy (non-hydrogen) atoms. The summed E-state index contributed by atoms with van der Waals surface area (Å²) in [5.41, 5.74) is 3.97. The van der Waals surface area contributed by atoms with Crippen molar-refractivity contribution in [2.75, 3.05) is 14.2 Å². The third-order valence-electron chi connectivity index (χ3n) is 5.30. The Bertz CT molecular complexity index is 1020. The average Bonchev–Trinajstić information content (AvgIpc) is 2.73. The minimum atomic E-state index is -1.11. The lowest BCUT2D eigenvalue weighted by Crippen LogP contribution is -2.27. The molecule has 0 amide bonds. The number of hydrogen-bond acceptors (Lipinski definition) is 4. The summed E-state index contributed by atoms with van der Waals surface area (Å²) in [5, 5.41) is 24.8. The molecule has 0 saturated carbocycles. The van der Waals surface area contributed by atoms with Crippen LogP contribution in [0.15, 0.2) is 42.5 Å². The van der Waals surface area contributed by atoms with E-state index < -0.39 is 7.47 Å². The fourth-order valence-electron chi connectivity index (χ4n) is 3.28. The number of rotatable bonds is 6. The van der Waals surface area contributed by atoms with E-state index in [1.165, 1.54) is 16.3 Å². The van der Waals surface area contributed by atoms with Crippen LogP contribution in [0.25, 0.3) is 0 Å². The van der Waals surface area contributed by atoms with Crippen LogP contribution in [0.4, 0.5) is 0 Å². The monoisotopic (exact) mass is 438 g/mol. The first kappa shape index (κ1) is 22.2. The van der Waals surface area contributed by atoms with Crippen LogP contribution < -0.4 is 25.3 Å². The Morgan fingerprint density at radius 1 is 0.733 bits per heavy atom. The van der Waals surface area contributed by atoms with Gasteiger partial charge in [0.1, 0.15) is 32.2 Å². The number of benzene rings is 3. The minimum absolute atomic E-state index is 0.250. The van der Waals surface area contributed by atoms with Crippen LogP contribution in [0.3, 0.4) is 0 Å². The van der Waals surface area contributed by atoms with Crippen molar-refractivity contribution in [3.63, 3.8) is 0 Å². The van der Waals surface area contributed by atoms with Crippen molar-refractivity contribution in [2.45, 2.75) is 27.7 Å². The van der Waals surface area contributed by atoms with Crippen molar-refractivity contribution < 1.29 is 19.7 Å². The number of hydrogen-bond donors (Lipinski definition) is 2. The summed E-state index contributed by atoms with van der Waals surface area (Å²) in [4.78, 5) is 0. The Balaban J connectivity index is 2.27. The topological polar surface area (TPSA) is 58.9 Å². The van der Waals surface area contributed by atoms with Gasteiger partial charge in [0.05, 0.1) is 14.2 Å². The highest BCUT2D eigenvalue weighted by atomic mass is 31.4. The largest absolute Gasteiger partial charge is 0.507 e. The summed E-state index contributed by atoms with van der Waals surface area (Å²) < 4.78 is 11.0. The molecule has 0 saturated heterocycles. The Morgan fingerprint density at radius 3 is 1.70 bits per heavy atom. The first-order valence-electron chi connectivity index (χ1n) is 9.65. The second-order valence-corrected chi connectivity index (χ2v) is 11.7. The standard InChI is InChI=1S/C24H27O4PSi/c1-14-8-7-9-22(17(14)4)30-29(20-12-18(27-5)10-15(2)23(20)25)21-13-19(28-6)11-16(3)24(21)26/h7-13,25-26H,1-6H3. The van der Waals surface area contributed by atoms with Gasteiger partial charge >= 0.3 is 0 Å². The van der Waals surface area contributed by atoms with Gasteiger partial charge < -0.3 is 19.7 Å². The number of phenolic OH excluding ortho intramolecular Hbond substituents is 2. The second kappa shape index (κ2) is 9.11. The number of aromatic hydroxyl groups is 2. The SMILES string of the molecule is COc1cc(C)c(O)c(P([Si]c2cccc(C)c2C)c2cc(OC)cc(C)c2O)c1. The molecule has 0 aromatic heterocycles. The molecule has 4 nitrogen and oxygen atoms in total. The summed E-state index contributed by atoms with van der Waals surface area (Å²) in [6, 6.07) is 13.7. The Hall–Kier alpha value is -2.49. The first-order chi connectivity index (χ1) is 14.3. The predicted octanol–water partition coefficient (Wildman–Crippen LogP) is 3.73. The van der Waals surface area contributed by atoms with Gasteiger partial charge in [0, 0.05) is 10.6 Å². The molecular formula is C24H27O4PSi. The highest BCUT2D eigenvalue weighted by Gasteiger charge is 2.26. The molecule has 6 heteroatoms. The van der Waals surface area contributed by atoms with Gasteiger partial charge in [0.15, 0.2) is 0 Å². The Morgan fingerprint density at radius 2 is 1.23 bits per heavy atom. The van der Waals surface area contributed by atoms with Gasteiger partial charge in [-0.05, 0) is 81.7 Å². The van der Waals surface area contributed by atoms with Crippen molar-refractivity contribution in [1.82, 2.24) is 0 Å². The minimum Gasteiger partial charge on any atom is -0.507 e. The fraction of sp³-hybridized carbons (Fsp3) is 0.250. The zero-order valence-electron chi connectivity index (χ0n) is 18.2. The molecule has 2 radical (unpaired) electrons. The van der Waals surface area contributed by atoms with Gasteiger partial charge in [-0.1, -0.05) is 23.4 Å². The quantitative estimate of drug-likeness (QED) is 0.455. The van der Waals surface area contributed by atoms with Gasteiger partial charge in [0.2, 0.25) is 0 Å². The van der Waals surface area contributed by atoms with E-state index >= 15 is 0 Å². The van der Waals surface area contributed by atoms with E-state index in [0.29, 0.717) is 20.7 Å². The molecule has 3 aromatic carbocycles. The molecule has 0 heterocycles. The van der Waals surface area contributed by atoms with Gasteiger partial charge in [-0.2, -0.15) is 0 Å². The van der Waals surface area contributed by atoms with E-state index in [1.54, 1.807) is 14.2 Å². The summed E-state index contributed by atoms with van der Waals surface area (Å²) in [6.45, 7) is 7.96. The molecule has 0 aliphatic heterocycles. The second-order valence-electron chi connectivity index (χ2n) is 7.32. The fourth-order valence-corrected chi connectivity index (χ4v) is 9.04. The maximum atomic E-state index is 11.0. The van der Waals surface area contributed by atoms with E-state index in [1.807, 2.05) is 38.1 Å². The van der Waals surface area contributed by atoms with Crippen LogP contribution in [0.5, 0.6) is 23.0 Å². The van der Waals surface area contributed by atoms with Gasteiger partial charge in [-0.25, -0.2) is 0 Å². The molecule has 0 unspecified atom stereocenters. The summed E-state index contributed by atoms with van der Waals surface area (Å²) in [5.74, 6) is 1.88. The van der Waals surface area contributed by atoms with E-state index in [2.05, 4.69) is 32.0 Å². The smallest absolute Gasteiger partial charge is 0.128 e. The third-order valence-corrected chi connectivity index (χ3v) is 10.8. The van der Waals surface area contributed by atoms with Crippen molar-refractivity contribution in [1.29, 1.82) is 0 Å². The predicted molar refractivity (Wildman–Crippen MR) is 126 cm³/mol. The first-order valence-corrected chi connectivity index (χ1v) is 12.8. The molecule has 0 fully saturated rings. The maximum absolute atomic E-state index is 11.0. The van der Waals surface area contributed by atoms with Crippen molar-refractivity contribution >= 4 is 32.5 Å². The Labute approximate surface area is 181 Å². The molecule has 2 N–H and O–H groups in total. The normalized spacial score (nSPS) is 11.0. The van der Waals surface area contributed by atoms with Crippen molar-refractivity contribution in [3.8, 4) is 23.0 Å². The number of aryl methyl sites for hydroxylation is 3. The molecule has 0 atom stereocenters. The van der Waals surface area contributed by atoms with Crippen LogP contribution in [-0.2, 0) is 0 Å². The zero-order chi connectivity index (χ0) is 22.0. The third kappa shape index (κ3) is 4.33. The van der Waals surface area contributed by atoms with Crippen molar-refractivity contribution in [3.05, 3.63) is 64.7 Å². The molecule has 0 bridgehead atoms. The van der Waals surface area contributed by atoms with Crippen LogP contribution in [0.2, 0.25) is 0 Å². The van der Waals surface area contributed by atoms with Gasteiger partial charge in [-0.3, -0.25) is 0 Å². The molecule has 3 aromatic rings. The molecule has 3 rings (SSSR count). The highest BCUT2D eigenvalue weighted by molar-refractivity contribution is 7.99. The average molecular weight is 439 g/mol. The molecular weight excluding hydrogens is 411 g/mol. The van der Waals surface area contributed by atoms with Crippen LogP contribution in [-0.4, -0.2) is 33.6 Å².